The van der Waals surface area contributed by atoms with Gasteiger partial charge in [-0.3, -0.25) is 9.59 Å². The number of aromatic hydroxyl groups is 1. The van der Waals surface area contributed by atoms with Gasteiger partial charge >= 0.3 is 0 Å². The highest BCUT2D eigenvalue weighted by Gasteiger charge is 2.30. The summed E-state index contributed by atoms with van der Waals surface area (Å²) in [5.74, 6) is 0.380. The van der Waals surface area contributed by atoms with Crippen LogP contribution in [-0.4, -0.2) is 41.2 Å². The van der Waals surface area contributed by atoms with Crippen molar-refractivity contribution in [3.8, 4) is 22.8 Å². The number of aromatic nitrogens is 1. The number of phenolic OH excluding ortho intramolecular Hbond substituents is 1. The van der Waals surface area contributed by atoms with Gasteiger partial charge in [-0.15, -0.1) is 0 Å². The lowest BCUT2D eigenvalue weighted by molar-refractivity contribution is 0.156. The highest BCUT2D eigenvalue weighted by atomic mass is 16.5. The minimum absolute atomic E-state index is 0.0828. The summed E-state index contributed by atoms with van der Waals surface area (Å²) < 4.78 is 12.0. The van der Waals surface area contributed by atoms with E-state index in [4.69, 9.17) is 9.15 Å². The average molecular weight is 422 g/mol. The second-order valence-corrected chi connectivity index (χ2v) is 8.74. The molecule has 0 radical (unpaired) electrons. The molecule has 4 rings (SSSR count). The summed E-state index contributed by atoms with van der Waals surface area (Å²) in [5, 5.41) is 11.3. The smallest absolute Gasteiger partial charge is 0.205 e. The van der Waals surface area contributed by atoms with Crippen molar-refractivity contribution in [2.75, 3.05) is 20.6 Å². The van der Waals surface area contributed by atoms with Gasteiger partial charge in [0.25, 0.3) is 0 Å². The third-order valence-corrected chi connectivity index (χ3v) is 5.50. The van der Waals surface area contributed by atoms with Crippen LogP contribution in [-0.2, 0) is 6.42 Å². The van der Waals surface area contributed by atoms with Crippen LogP contribution in [0.4, 0.5) is 0 Å². The van der Waals surface area contributed by atoms with E-state index < -0.39 is 11.0 Å². The van der Waals surface area contributed by atoms with Crippen LogP contribution in [0.25, 0.3) is 28.3 Å². The van der Waals surface area contributed by atoms with E-state index >= 15 is 0 Å². The molecule has 0 unspecified atom stereocenters. The number of fused-ring (bicyclic) bond motifs is 3. The Hall–Kier alpha value is -3.32. The van der Waals surface area contributed by atoms with E-state index in [1.807, 2.05) is 45.0 Å². The quantitative estimate of drug-likeness (QED) is 0.669. The van der Waals surface area contributed by atoms with Gasteiger partial charge in [-0.25, -0.2) is 0 Å². The average Bonchev–Trinajstić information content (AvgIpc) is 2.69. The maximum Gasteiger partial charge on any atom is 0.205 e. The Kier molecular flexibility index (Phi) is 5.01. The van der Waals surface area contributed by atoms with Crippen LogP contribution in [0.15, 0.2) is 38.6 Å². The van der Waals surface area contributed by atoms with E-state index in [2.05, 4.69) is 4.98 Å². The van der Waals surface area contributed by atoms with Crippen molar-refractivity contribution in [1.82, 2.24) is 9.88 Å². The number of nitrogens with zero attached hydrogens (tertiary/aromatic N) is 1. The Morgan fingerprint density at radius 2 is 1.97 bits per heavy atom. The summed E-state index contributed by atoms with van der Waals surface area (Å²) in [6, 6.07) is 1.36. The van der Waals surface area contributed by atoms with Crippen molar-refractivity contribution in [2.24, 2.45) is 0 Å². The van der Waals surface area contributed by atoms with Crippen LogP contribution >= 0.6 is 0 Å². The van der Waals surface area contributed by atoms with Crippen molar-refractivity contribution >= 4 is 17.0 Å². The number of H-pyrrole nitrogens is 1. The summed E-state index contributed by atoms with van der Waals surface area (Å²) in [7, 11) is 3.88. The fourth-order valence-corrected chi connectivity index (χ4v) is 3.71. The summed E-state index contributed by atoms with van der Waals surface area (Å²) in [4.78, 5) is 30.5. The number of aryl methyl sites for hydroxylation is 1. The minimum atomic E-state index is -0.554. The molecule has 1 aromatic carbocycles. The number of nitrogens with one attached hydrogen (secondary N) is 1. The van der Waals surface area contributed by atoms with Crippen LogP contribution in [0.2, 0.25) is 0 Å². The van der Waals surface area contributed by atoms with Gasteiger partial charge in [0, 0.05) is 29.9 Å². The molecule has 1 aliphatic heterocycles. The topological polar surface area (TPSA) is 95.8 Å². The van der Waals surface area contributed by atoms with E-state index in [1.165, 1.54) is 12.3 Å². The highest BCUT2D eigenvalue weighted by molar-refractivity contribution is 5.96. The summed E-state index contributed by atoms with van der Waals surface area (Å²) >= 11 is 0. The zero-order valence-electron chi connectivity index (χ0n) is 18.3. The van der Waals surface area contributed by atoms with E-state index in [1.54, 1.807) is 13.1 Å². The van der Waals surface area contributed by atoms with Crippen molar-refractivity contribution in [2.45, 2.75) is 32.8 Å². The van der Waals surface area contributed by atoms with Gasteiger partial charge in [-0.05, 0) is 53.4 Å². The van der Waals surface area contributed by atoms with Crippen LogP contribution < -0.4 is 15.6 Å². The molecule has 0 spiro atoms. The van der Waals surface area contributed by atoms with Crippen molar-refractivity contribution < 1.29 is 14.3 Å². The van der Waals surface area contributed by atoms with Gasteiger partial charge in [-0.1, -0.05) is 0 Å². The fourth-order valence-electron chi connectivity index (χ4n) is 3.71. The van der Waals surface area contributed by atoms with Crippen LogP contribution in [0.3, 0.4) is 0 Å². The molecule has 3 heterocycles. The third-order valence-electron chi connectivity index (χ3n) is 5.50. The number of phenols is 1. The minimum Gasteiger partial charge on any atom is -0.507 e. The lowest BCUT2D eigenvalue weighted by Gasteiger charge is -2.30. The molecule has 3 aromatic rings. The molecular weight excluding hydrogens is 396 g/mol. The van der Waals surface area contributed by atoms with Gasteiger partial charge < -0.3 is 24.1 Å². The van der Waals surface area contributed by atoms with E-state index in [0.717, 1.165) is 0 Å². The normalized spacial score (nSPS) is 14.6. The van der Waals surface area contributed by atoms with Gasteiger partial charge in [0.2, 0.25) is 5.43 Å². The monoisotopic (exact) mass is 422 g/mol. The van der Waals surface area contributed by atoms with Gasteiger partial charge in [-0.2, -0.15) is 0 Å². The standard InChI is InChI=1S/C24H26N2O5/c1-13-11-25-17(10-18(13)27)16-12-30-23-15-6-8-24(2,3)31-22(15)14(7-9-26(4)5)20(28)19(23)21(16)29/h6,8,10-12,28H,7,9H2,1-5H3,(H,25,27). The molecule has 0 bridgehead atoms. The molecule has 0 amide bonds. The summed E-state index contributed by atoms with van der Waals surface area (Å²) in [5.41, 5.74) is 1.36. The first-order chi connectivity index (χ1) is 14.6. The number of aromatic amines is 1. The van der Waals surface area contributed by atoms with E-state index in [-0.39, 0.29) is 27.7 Å². The zero-order chi connectivity index (χ0) is 22.5. The molecule has 0 aliphatic carbocycles. The first-order valence-corrected chi connectivity index (χ1v) is 10.1. The molecule has 0 saturated carbocycles. The molecule has 31 heavy (non-hydrogen) atoms. The lowest BCUT2D eigenvalue weighted by Crippen LogP contribution is -2.29. The molecule has 0 saturated heterocycles. The Morgan fingerprint density at radius 3 is 2.65 bits per heavy atom. The predicted octanol–water partition coefficient (Wildman–Crippen LogP) is 3.45. The first-order valence-electron chi connectivity index (χ1n) is 10.1. The SMILES string of the molecule is Cc1c[nH]c(-c2coc3c4c(c(CCN(C)C)c(O)c3c2=O)OC(C)(C)C=C4)cc1=O. The maximum atomic E-state index is 13.4. The number of hydrogen-bond acceptors (Lipinski definition) is 6. The fraction of sp³-hybridized carbons (Fsp3) is 0.333. The Labute approximate surface area is 179 Å². The van der Waals surface area contributed by atoms with Crippen LogP contribution in [0, 0.1) is 6.92 Å². The molecule has 2 aromatic heterocycles. The Bertz CT molecular complexity index is 1330. The molecule has 7 nitrogen and oxygen atoms in total. The first kappa shape index (κ1) is 20.9. The zero-order valence-corrected chi connectivity index (χ0v) is 18.3. The molecule has 0 atom stereocenters. The van der Waals surface area contributed by atoms with Gasteiger partial charge in [0.15, 0.2) is 11.0 Å². The maximum absolute atomic E-state index is 13.4. The summed E-state index contributed by atoms with van der Waals surface area (Å²) in [6.07, 6.45) is 7.13. The Morgan fingerprint density at radius 1 is 1.23 bits per heavy atom. The highest BCUT2D eigenvalue weighted by Crippen LogP contribution is 2.44. The third kappa shape index (κ3) is 3.65. The van der Waals surface area contributed by atoms with Crippen molar-refractivity contribution in [3.63, 3.8) is 0 Å². The lowest BCUT2D eigenvalue weighted by atomic mass is 9.94. The largest absolute Gasteiger partial charge is 0.507 e. The van der Waals surface area contributed by atoms with E-state index in [0.29, 0.717) is 41.1 Å². The van der Waals surface area contributed by atoms with Crippen LogP contribution in [0.5, 0.6) is 11.5 Å². The second kappa shape index (κ2) is 7.42. The molecule has 2 N–H and O–H groups in total. The number of pyridine rings is 1. The van der Waals surface area contributed by atoms with Crippen LogP contribution in [0.1, 0.15) is 30.5 Å². The van der Waals surface area contributed by atoms with E-state index in [9.17, 15) is 14.7 Å². The molecule has 162 valence electrons. The number of benzene rings is 1. The molecule has 0 fully saturated rings. The van der Waals surface area contributed by atoms with Gasteiger partial charge in [0.05, 0.1) is 16.8 Å². The number of rotatable bonds is 4. The summed E-state index contributed by atoms with van der Waals surface area (Å²) in [6.45, 7) is 6.20. The number of ether oxygens (including phenoxy) is 1. The van der Waals surface area contributed by atoms with Crippen molar-refractivity contribution in [1.29, 1.82) is 0 Å². The molecule has 1 aliphatic rings. The van der Waals surface area contributed by atoms with Gasteiger partial charge in [0.1, 0.15) is 28.7 Å². The van der Waals surface area contributed by atoms with Crippen molar-refractivity contribution in [3.05, 3.63) is 61.7 Å². The molecule has 7 heteroatoms. The Balaban J connectivity index is 2.02. The second-order valence-electron chi connectivity index (χ2n) is 8.74. The molecular formula is C24H26N2O5. The number of likely N-dealkylation sites (N-methyl/N-ethyl adjacent to an activating group) is 1. The number of hydrogen-bond donors (Lipinski definition) is 2. The predicted molar refractivity (Wildman–Crippen MR) is 121 cm³/mol.